The van der Waals surface area contributed by atoms with E-state index in [0.29, 0.717) is 18.6 Å². The molecule has 5 nitrogen and oxygen atoms in total. The van der Waals surface area contributed by atoms with Crippen LogP contribution in [0.3, 0.4) is 0 Å². The van der Waals surface area contributed by atoms with Crippen molar-refractivity contribution in [1.82, 2.24) is 5.32 Å². The minimum atomic E-state index is -1.02. The first-order valence-corrected chi connectivity index (χ1v) is 8.60. The van der Waals surface area contributed by atoms with Crippen molar-refractivity contribution in [3.8, 4) is 5.75 Å². The number of amides is 1. The van der Waals surface area contributed by atoms with Crippen molar-refractivity contribution < 1.29 is 19.1 Å². The third-order valence-corrected chi connectivity index (χ3v) is 3.91. The number of methoxy groups -OCH3 is 1. The zero-order chi connectivity index (χ0) is 18.0. The van der Waals surface area contributed by atoms with Gasteiger partial charge in [0, 0.05) is 5.56 Å². The van der Waals surface area contributed by atoms with Crippen molar-refractivity contribution >= 4 is 11.9 Å². The molecule has 0 heterocycles. The summed E-state index contributed by atoms with van der Waals surface area (Å²) in [5, 5.41) is 2.79. The van der Waals surface area contributed by atoms with E-state index in [1.165, 1.54) is 7.11 Å². The molecule has 24 heavy (non-hydrogen) atoms. The van der Waals surface area contributed by atoms with Crippen LogP contribution in [-0.2, 0) is 9.53 Å². The van der Waals surface area contributed by atoms with Gasteiger partial charge in [0.2, 0.25) is 0 Å². The molecule has 0 radical (unpaired) electrons. The Labute approximate surface area is 144 Å². The minimum Gasteiger partial charge on any atom is -0.494 e. The van der Waals surface area contributed by atoms with Crippen molar-refractivity contribution in [1.29, 1.82) is 0 Å². The number of unbranched alkanes of at least 4 members (excludes halogenated alkanes) is 2. The van der Waals surface area contributed by atoms with Crippen molar-refractivity contribution in [2.24, 2.45) is 0 Å². The zero-order valence-electron chi connectivity index (χ0n) is 15.2. The van der Waals surface area contributed by atoms with E-state index in [0.717, 1.165) is 31.4 Å². The minimum absolute atomic E-state index is 0.297. The van der Waals surface area contributed by atoms with Crippen molar-refractivity contribution in [2.45, 2.75) is 58.4 Å². The third-order valence-electron chi connectivity index (χ3n) is 3.91. The molecule has 0 aliphatic heterocycles. The first kappa shape index (κ1) is 20.0. The molecule has 0 spiro atoms. The molecule has 0 aliphatic carbocycles. The number of esters is 1. The van der Waals surface area contributed by atoms with Gasteiger partial charge in [-0.1, -0.05) is 33.1 Å². The predicted octanol–water partition coefficient (Wildman–Crippen LogP) is 3.72. The van der Waals surface area contributed by atoms with Gasteiger partial charge in [-0.25, -0.2) is 4.79 Å². The molecule has 5 heteroatoms. The van der Waals surface area contributed by atoms with Crippen LogP contribution in [-0.4, -0.2) is 31.1 Å². The molecule has 0 fully saturated rings. The fourth-order valence-corrected chi connectivity index (χ4v) is 2.51. The Morgan fingerprint density at radius 1 is 1.08 bits per heavy atom. The maximum Gasteiger partial charge on any atom is 0.331 e. The highest BCUT2D eigenvalue weighted by atomic mass is 16.5. The summed E-state index contributed by atoms with van der Waals surface area (Å²) in [6.07, 6.45) is 4.59. The lowest BCUT2D eigenvalue weighted by atomic mass is 9.95. The summed E-state index contributed by atoms with van der Waals surface area (Å²) >= 11 is 0. The summed E-state index contributed by atoms with van der Waals surface area (Å²) in [6.45, 7) is 6.47. The molecule has 1 rings (SSSR count). The second kappa shape index (κ2) is 9.96. The average molecular weight is 335 g/mol. The molecule has 0 saturated carbocycles. The van der Waals surface area contributed by atoms with Crippen LogP contribution >= 0.6 is 0 Å². The van der Waals surface area contributed by atoms with Gasteiger partial charge in [0.15, 0.2) is 0 Å². The van der Waals surface area contributed by atoms with Crippen LogP contribution in [0, 0.1) is 0 Å². The average Bonchev–Trinajstić information content (AvgIpc) is 2.58. The Kier molecular flexibility index (Phi) is 8.30. The number of hydrogen-bond acceptors (Lipinski definition) is 4. The normalized spacial score (nSPS) is 13.0. The molecule has 1 unspecified atom stereocenters. The lowest BCUT2D eigenvalue weighted by Gasteiger charge is -2.27. The first-order valence-electron chi connectivity index (χ1n) is 8.60. The van der Waals surface area contributed by atoms with Gasteiger partial charge in [-0.2, -0.15) is 0 Å². The van der Waals surface area contributed by atoms with Crippen LogP contribution in [0.25, 0.3) is 0 Å². The van der Waals surface area contributed by atoms with Crippen LogP contribution in [0.15, 0.2) is 24.3 Å². The standard InChI is InChI=1S/C19H29NO4/c1-5-7-8-14-24-16-11-9-15(10-12-16)17(21)20-19(3,13-6-2)18(22)23-4/h9-12H,5-8,13-14H2,1-4H3,(H,20,21). The Morgan fingerprint density at radius 3 is 2.29 bits per heavy atom. The van der Waals surface area contributed by atoms with E-state index in [1.807, 2.05) is 6.92 Å². The molecule has 0 saturated heterocycles. The van der Waals surface area contributed by atoms with Gasteiger partial charge >= 0.3 is 5.97 Å². The zero-order valence-corrected chi connectivity index (χ0v) is 15.2. The van der Waals surface area contributed by atoms with E-state index < -0.39 is 11.5 Å². The van der Waals surface area contributed by atoms with Gasteiger partial charge in [0.25, 0.3) is 5.91 Å². The molecule has 134 valence electrons. The Bertz CT molecular complexity index is 527. The fraction of sp³-hybridized carbons (Fsp3) is 0.579. The number of hydrogen-bond donors (Lipinski definition) is 1. The van der Waals surface area contributed by atoms with Gasteiger partial charge in [-0.05, 0) is 44.0 Å². The Balaban J connectivity index is 2.68. The lowest BCUT2D eigenvalue weighted by molar-refractivity contribution is -0.147. The van der Waals surface area contributed by atoms with Gasteiger partial charge in [0.1, 0.15) is 11.3 Å². The lowest BCUT2D eigenvalue weighted by Crippen LogP contribution is -2.52. The number of nitrogens with one attached hydrogen (secondary N) is 1. The van der Waals surface area contributed by atoms with Crippen molar-refractivity contribution in [3.63, 3.8) is 0 Å². The third kappa shape index (κ3) is 5.87. The largest absolute Gasteiger partial charge is 0.494 e. The number of rotatable bonds is 10. The fourth-order valence-electron chi connectivity index (χ4n) is 2.51. The molecule has 1 aromatic rings. The molecule has 0 aliphatic rings. The highest BCUT2D eigenvalue weighted by Gasteiger charge is 2.35. The number of benzene rings is 1. The molecule has 0 bridgehead atoms. The molecule has 1 amide bonds. The van der Waals surface area contributed by atoms with Crippen LogP contribution in [0.1, 0.15) is 63.2 Å². The SMILES string of the molecule is CCCCCOc1ccc(C(=O)NC(C)(CCC)C(=O)OC)cc1. The molecular weight excluding hydrogens is 306 g/mol. The summed E-state index contributed by atoms with van der Waals surface area (Å²) in [5.74, 6) is 0.00871. The van der Waals surface area contributed by atoms with Gasteiger partial charge in [0.05, 0.1) is 13.7 Å². The van der Waals surface area contributed by atoms with E-state index in [1.54, 1.807) is 31.2 Å². The van der Waals surface area contributed by atoms with Crippen LogP contribution in [0.5, 0.6) is 5.75 Å². The maximum atomic E-state index is 12.4. The molecule has 1 N–H and O–H groups in total. The first-order chi connectivity index (χ1) is 11.5. The van der Waals surface area contributed by atoms with Gasteiger partial charge < -0.3 is 14.8 Å². The maximum absolute atomic E-state index is 12.4. The monoisotopic (exact) mass is 335 g/mol. The Morgan fingerprint density at radius 2 is 1.75 bits per heavy atom. The highest BCUT2D eigenvalue weighted by Crippen LogP contribution is 2.17. The van der Waals surface area contributed by atoms with E-state index in [4.69, 9.17) is 9.47 Å². The molecule has 1 aromatic carbocycles. The van der Waals surface area contributed by atoms with Crippen molar-refractivity contribution in [2.75, 3.05) is 13.7 Å². The molecule has 0 aromatic heterocycles. The predicted molar refractivity (Wildman–Crippen MR) is 94.3 cm³/mol. The summed E-state index contributed by atoms with van der Waals surface area (Å²) in [5.41, 5.74) is -0.530. The summed E-state index contributed by atoms with van der Waals surface area (Å²) in [4.78, 5) is 24.4. The van der Waals surface area contributed by atoms with Gasteiger partial charge in [-0.15, -0.1) is 0 Å². The second-order valence-corrected chi connectivity index (χ2v) is 6.11. The van der Waals surface area contributed by atoms with E-state index >= 15 is 0 Å². The second-order valence-electron chi connectivity index (χ2n) is 6.11. The van der Waals surface area contributed by atoms with E-state index in [9.17, 15) is 9.59 Å². The highest BCUT2D eigenvalue weighted by molar-refractivity contribution is 5.98. The topological polar surface area (TPSA) is 64.6 Å². The summed E-state index contributed by atoms with van der Waals surface area (Å²) in [6, 6.07) is 6.95. The number of ether oxygens (including phenoxy) is 2. The Hall–Kier alpha value is -2.04. The van der Waals surface area contributed by atoms with Crippen LogP contribution in [0.2, 0.25) is 0 Å². The van der Waals surface area contributed by atoms with Gasteiger partial charge in [-0.3, -0.25) is 4.79 Å². The smallest absolute Gasteiger partial charge is 0.331 e. The molecule has 1 atom stereocenters. The number of carbonyl (C=O) groups is 2. The molecular formula is C19H29NO4. The van der Waals surface area contributed by atoms with E-state index in [2.05, 4.69) is 12.2 Å². The number of carbonyl (C=O) groups excluding carboxylic acids is 2. The van der Waals surface area contributed by atoms with Crippen LogP contribution in [0.4, 0.5) is 0 Å². The van der Waals surface area contributed by atoms with E-state index in [-0.39, 0.29) is 5.91 Å². The van der Waals surface area contributed by atoms with Crippen LogP contribution < -0.4 is 10.1 Å². The summed E-state index contributed by atoms with van der Waals surface area (Å²) < 4.78 is 10.4. The quantitative estimate of drug-likeness (QED) is 0.523. The van der Waals surface area contributed by atoms with Crippen molar-refractivity contribution in [3.05, 3.63) is 29.8 Å². The summed E-state index contributed by atoms with van der Waals surface area (Å²) in [7, 11) is 1.33.